The lowest BCUT2D eigenvalue weighted by Crippen LogP contribution is -2.70. The van der Waals surface area contributed by atoms with E-state index in [0.29, 0.717) is 19.3 Å². The third-order valence-electron chi connectivity index (χ3n) is 11.9. The minimum Gasteiger partial charge on any atom is -0.463 e. The molecule has 0 bridgehead atoms. The summed E-state index contributed by atoms with van der Waals surface area (Å²) in [5.74, 6) is -1.62. The normalized spacial score (nSPS) is 52.4. The van der Waals surface area contributed by atoms with Gasteiger partial charge in [-0.05, 0) is 36.7 Å². The van der Waals surface area contributed by atoms with E-state index >= 15 is 0 Å². The van der Waals surface area contributed by atoms with Crippen molar-refractivity contribution in [3.05, 3.63) is 11.1 Å². The quantitative estimate of drug-likeness (QED) is 0.149. The van der Waals surface area contributed by atoms with Gasteiger partial charge in [0.15, 0.2) is 18.0 Å². The van der Waals surface area contributed by atoms with Crippen molar-refractivity contribution in [2.75, 3.05) is 13.2 Å². The standard InChI is InChI=1S/C30H38O14/c1-11(2)28-22(43-28)23-30(44-23)27(3)7-6-12-13(9-39-24(12)36)14(27)8-16-29(30,42-16)26(28)41-18(32)5-4-17(31)38-10-15-19(33)20(34)21(35)25(37)40-15/h11,14-16,19-23,25-26,33-35,37H,4-10H2,1-3H3/t14-,15?,16-,19+,20-,21?,22-,23-,25+,26+,27-,28-,29+,30+/m0/s1. The van der Waals surface area contributed by atoms with E-state index in [1.165, 1.54) is 0 Å². The Kier molecular flexibility index (Phi) is 6.13. The van der Waals surface area contributed by atoms with Crippen LogP contribution in [0.5, 0.6) is 0 Å². The van der Waals surface area contributed by atoms with Crippen LogP contribution in [-0.4, -0.2) is 123 Å². The molecule has 0 aromatic heterocycles. The van der Waals surface area contributed by atoms with Crippen LogP contribution < -0.4 is 0 Å². The zero-order chi connectivity index (χ0) is 31.1. The van der Waals surface area contributed by atoms with Crippen molar-refractivity contribution in [2.45, 2.75) is 125 Å². The van der Waals surface area contributed by atoms with Crippen LogP contribution in [0.4, 0.5) is 0 Å². The van der Waals surface area contributed by atoms with Crippen LogP contribution in [0.15, 0.2) is 11.1 Å². The Bertz CT molecular complexity index is 1350. The van der Waals surface area contributed by atoms with Crippen LogP contribution in [0.2, 0.25) is 0 Å². The highest BCUT2D eigenvalue weighted by molar-refractivity contribution is 5.92. The molecule has 0 aromatic rings. The summed E-state index contributed by atoms with van der Waals surface area (Å²) in [7, 11) is 0. The third kappa shape index (κ3) is 3.46. The number of aliphatic hydroxyl groups excluding tert-OH is 4. The summed E-state index contributed by atoms with van der Waals surface area (Å²) in [5.41, 5.74) is -1.01. The van der Waals surface area contributed by atoms with Crippen molar-refractivity contribution in [3.63, 3.8) is 0 Å². The number of carbonyl (C=O) groups excluding carboxylic acids is 3. The van der Waals surface area contributed by atoms with Crippen molar-refractivity contribution in [3.8, 4) is 0 Å². The fourth-order valence-electron chi connectivity index (χ4n) is 9.55. The topological polar surface area (TPSA) is 207 Å². The van der Waals surface area contributed by atoms with E-state index < -0.39 is 72.2 Å². The van der Waals surface area contributed by atoms with E-state index in [1.54, 1.807) is 0 Å². The van der Waals surface area contributed by atoms with Gasteiger partial charge in [-0.15, -0.1) is 0 Å². The molecule has 242 valence electrons. The predicted molar refractivity (Wildman–Crippen MR) is 140 cm³/mol. The minimum absolute atomic E-state index is 0.0186. The average Bonchev–Trinajstić information content (AvgIpc) is 3.90. The molecule has 5 aliphatic heterocycles. The van der Waals surface area contributed by atoms with Gasteiger partial charge in [0.25, 0.3) is 0 Å². The van der Waals surface area contributed by atoms with Crippen LogP contribution in [0.25, 0.3) is 0 Å². The van der Waals surface area contributed by atoms with Crippen LogP contribution in [0.3, 0.4) is 0 Å². The molecular formula is C30H38O14. The molecule has 14 atom stereocenters. The van der Waals surface area contributed by atoms with Crippen molar-refractivity contribution in [2.24, 2.45) is 17.3 Å². The van der Waals surface area contributed by atoms with Crippen LogP contribution in [-0.2, 0) is 47.5 Å². The molecule has 3 aliphatic carbocycles. The first kappa shape index (κ1) is 29.2. The van der Waals surface area contributed by atoms with E-state index in [2.05, 4.69) is 6.92 Å². The number of cyclic esters (lactones) is 1. The van der Waals surface area contributed by atoms with Crippen molar-refractivity contribution in [1.82, 2.24) is 0 Å². The Morgan fingerprint density at radius 1 is 1.00 bits per heavy atom. The molecule has 0 radical (unpaired) electrons. The molecule has 8 aliphatic rings. The van der Waals surface area contributed by atoms with Gasteiger partial charge in [0.2, 0.25) is 0 Å². The fourth-order valence-corrected chi connectivity index (χ4v) is 9.55. The lowest BCUT2D eigenvalue weighted by molar-refractivity contribution is -0.287. The highest BCUT2D eigenvalue weighted by atomic mass is 16.8. The molecular weight excluding hydrogens is 584 g/mol. The number of epoxide rings is 3. The molecule has 14 nitrogen and oxygen atoms in total. The van der Waals surface area contributed by atoms with Gasteiger partial charge in [-0.25, -0.2) is 4.79 Å². The molecule has 5 heterocycles. The van der Waals surface area contributed by atoms with E-state index in [0.717, 1.165) is 11.1 Å². The first-order valence-electron chi connectivity index (χ1n) is 15.5. The minimum atomic E-state index is -1.76. The molecule has 44 heavy (non-hydrogen) atoms. The SMILES string of the molecule is CC(C)[C@]12O[C@H]1[C@@H]1O[C@]13[C@]1(O[C@H]1C[C@H]1C4=C(CC[C@@]13C)C(=O)OC4)[C@@H]2OC(=O)CCC(=O)OCC1O[C@@H](O)C(O)[C@@H](O)[C@@H]1O. The highest BCUT2D eigenvalue weighted by Crippen LogP contribution is 2.83. The fraction of sp³-hybridized carbons (Fsp3) is 0.833. The number of carbonyl (C=O) groups is 3. The summed E-state index contributed by atoms with van der Waals surface area (Å²) in [5, 5.41) is 39.2. The van der Waals surface area contributed by atoms with Gasteiger partial charge in [-0.1, -0.05) is 20.8 Å². The number of hydrogen-bond donors (Lipinski definition) is 4. The van der Waals surface area contributed by atoms with Crippen LogP contribution in [0, 0.1) is 17.3 Å². The maximum absolute atomic E-state index is 13.3. The lowest BCUT2D eigenvalue weighted by Gasteiger charge is -2.53. The first-order valence-corrected chi connectivity index (χ1v) is 15.5. The largest absolute Gasteiger partial charge is 0.463 e. The molecule has 14 heteroatoms. The second kappa shape index (κ2) is 9.22. The van der Waals surface area contributed by atoms with Gasteiger partial charge < -0.3 is 53.6 Å². The molecule has 8 rings (SSSR count). The third-order valence-corrected chi connectivity index (χ3v) is 11.9. The molecule has 2 spiro atoms. The van der Waals surface area contributed by atoms with Gasteiger partial charge >= 0.3 is 17.9 Å². The maximum atomic E-state index is 13.3. The highest BCUT2D eigenvalue weighted by Gasteiger charge is 3.01. The van der Waals surface area contributed by atoms with Gasteiger partial charge in [0, 0.05) is 11.0 Å². The summed E-state index contributed by atoms with van der Waals surface area (Å²) in [4.78, 5) is 38.2. The monoisotopic (exact) mass is 622 g/mol. The first-order chi connectivity index (χ1) is 20.8. The number of hydrogen-bond acceptors (Lipinski definition) is 14. The maximum Gasteiger partial charge on any atom is 0.334 e. The summed E-state index contributed by atoms with van der Waals surface area (Å²) < 4.78 is 41.4. The number of ether oxygens (including phenoxy) is 7. The molecule has 6 fully saturated rings. The number of rotatable bonds is 7. The lowest BCUT2D eigenvalue weighted by atomic mass is 9.46. The Labute approximate surface area is 252 Å². The molecule has 2 unspecified atom stereocenters. The smallest absolute Gasteiger partial charge is 0.334 e. The zero-order valence-electron chi connectivity index (χ0n) is 24.7. The van der Waals surface area contributed by atoms with Crippen LogP contribution in [0.1, 0.15) is 52.9 Å². The predicted octanol–water partition coefficient (Wildman–Crippen LogP) is -1.22. The molecule has 4 saturated heterocycles. The summed E-state index contributed by atoms with van der Waals surface area (Å²) in [6, 6.07) is 0. The second-order valence-corrected chi connectivity index (χ2v) is 14.1. The second-order valence-electron chi connectivity index (χ2n) is 14.1. The van der Waals surface area contributed by atoms with E-state index in [9.17, 15) is 34.8 Å². The average molecular weight is 623 g/mol. The number of esters is 3. The van der Waals surface area contributed by atoms with E-state index in [4.69, 9.17) is 33.2 Å². The number of aliphatic hydroxyl groups is 4. The Balaban J connectivity index is 0.974. The van der Waals surface area contributed by atoms with Gasteiger partial charge in [0.1, 0.15) is 61.0 Å². The van der Waals surface area contributed by atoms with E-state index in [-0.39, 0.29) is 61.0 Å². The molecule has 0 amide bonds. The van der Waals surface area contributed by atoms with E-state index in [1.807, 2.05) is 13.8 Å². The van der Waals surface area contributed by atoms with Crippen molar-refractivity contribution >= 4 is 17.9 Å². The summed E-state index contributed by atoms with van der Waals surface area (Å²) in [6.07, 6.45) is -8.18. The summed E-state index contributed by atoms with van der Waals surface area (Å²) in [6.45, 7) is 6.01. The molecule has 0 aromatic carbocycles. The van der Waals surface area contributed by atoms with Crippen LogP contribution >= 0.6 is 0 Å². The van der Waals surface area contributed by atoms with Crippen molar-refractivity contribution < 1.29 is 68.0 Å². The Morgan fingerprint density at radius 3 is 2.50 bits per heavy atom. The van der Waals surface area contributed by atoms with Crippen molar-refractivity contribution in [1.29, 1.82) is 0 Å². The van der Waals surface area contributed by atoms with Gasteiger partial charge in [-0.2, -0.15) is 0 Å². The Hall–Kier alpha value is -2.17. The molecule has 2 saturated carbocycles. The van der Waals surface area contributed by atoms with Gasteiger partial charge in [-0.3, -0.25) is 9.59 Å². The zero-order valence-corrected chi connectivity index (χ0v) is 24.7. The number of fused-ring (bicyclic) bond motifs is 4. The molecule has 4 N–H and O–H groups in total. The summed E-state index contributed by atoms with van der Waals surface area (Å²) >= 11 is 0. The van der Waals surface area contributed by atoms with Gasteiger partial charge in [0.05, 0.1) is 18.9 Å². The Morgan fingerprint density at radius 2 is 1.75 bits per heavy atom.